The quantitative estimate of drug-likeness (QED) is 0.742. The molecule has 0 aromatic carbocycles. The number of piperazine rings is 1. The SMILES string of the molecule is CC(C)NC(=O)N1CCN(C(C)C(=O)O)CC1. The summed E-state index contributed by atoms with van der Waals surface area (Å²) in [6, 6.07) is -0.425. The summed E-state index contributed by atoms with van der Waals surface area (Å²) in [4.78, 5) is 26.1. The second-order valence-corrected chi connectivity index (χ2v) is 4.64. The molecule has 1 atom stereocenters. The van der Waals surface area contributed by atoms with Crippen LogP contribution in [0.25, 0.3) is 0 Å². The first-order valence-corrected chi connectivity index (χ1v) is 5.94. The van der Waals surface area contributed by atoms with Gasteiger partial charge in [-0.1, -0.05) is 0 Å². The minimum Gasteiger partial charge on any atom is -0.480 e. The van der Waals surface area contributed by atoms with Crippen molar-refractivity contribution in [2.75, 3.05) is 26.2 Å². The van der Waals surface area contributed by atoms with E-state index < -0.39 is 12.0 Å². The molecule has 1 heterocycles. The van der Waals surface area contributed by atoms with E-state index in [0.29, 0.717) is 26.2 Å². The minimum atomic E-state index is -0.815. The van der Waals surface area contributed by atoms with Gasteiger partial charge in [-0.25, -0.2) is 4.79 Å². The summed E-state index contributed by atoms with van der Waals surface area (Å²) in [5.41, 5.74) is 0. The Balaban J connectivity index is 2.40. The summed E-state index contributed by atoms with van der Waals surface area (Å²) in [5.74, 6) is -0.815. The standard InChI is InChI=1S/C11H21N3O3/c1-8(2)12-11(17)14-6-4-13(5-7-14)9(3)10(15)16/h8-9H,4-7H2,1-3H3,(H,12,17)(H,15,16). The van der Waals surface area contributed by atoms with Gasteiger partial charge in [0.1, 0.15) is 6.04 Å². The number of hydrogen-bond acceptors (Lipinski definition) is 3. The minimum absolute atomic E-state index is 0.0670. The van der Waals surface area contributed by atoms with Crippen LogP contribution in [-0.4, -0.2) is 65.2 Å². The molecule has 1 aliphatic rings. The highest BCUT2D eigenvalue weighted by atomic mass is 16.4. The Hall–Kier alpha value is -1.30. The Morgan fingerprint density at radius 2 is 1.65 bits per heavy atom. The van der Waals surface area contributed by atoms with Crippen LogP contribution in [0.2, 0.25) is 0 Å². The van der Waals surface area contributed by atoms with Crippen LogP contribution in [-0.2, 0) is 4.79 Å². The number of nitrogens with one attached hydrogen (secondary N) is 1. The van der Waals surface area contributed by atoms with Gasteiger partial charge in [-0.3, -0.25) is 9.69 Å². The third kappa shape index (κ3) is 3.89. The predicted molar refractivity (Wildman–Crippen MR) is 63.9 cm³/mol. The van der Waals surface area contributed by atoms with Crippen LogP contribution in [0.5, 0.6) is 0 Å². The maximum Gasteiger partial charge on any atom is 0.320 e. The van der Waals surface area contributed by atoms with Crippen molar-refractivity contribution in [3.63, 3.8) is 0 Å². The normalized spacial score (nSPS) is 19.2. The van der Waals surface area contributed by atoms with E-state index in [9.17, 15) is 9.59 Å². The number of carboxylic acid groups (broad SMARTS) is 1. The molecular formula is C11H21N3O3. The van der Waals surface area contributed by atoms with Crippen LogP contribution in [0.15, 0.2) is 0 Å². The Kier molecular flexibility index (Phi) is 4.74. The molecule has 2 amide bonds. The molecule has 6 heteroatoms. The maximum absolute atomic E-state index is 11.7. The van der Waals surface area contributed by atoms with Gasteiger partial charge < -0.3 is 15.3 Å². The molecule has 1 rings (SSSR count). The summed E-state index contributed by atoms with van der Waals surface area (Å²) in [6.07, 6.45) is 0. The molecular weight excluding hydrogens is 222 g/mol. The number of carbonyl (C=O) groups is 2. The molecule has 0 aromatic heterocycles. The Labute approximate surface area is 102 Å². The second kappa shape index (κ2) is 5.86. The molecule has 17 heavy (non-hydrogen) atoms. The zero-order valence-electron chi connectivity index (χ0n) is 10.6. The van der Waals surface area contributed by atoms with Gasteiger partial charge in [-0.15, -0.1) is 0 Å². The molecule has 1 saturated heterocycles. The van der Waals surface area contributed by atoms with E-state index in [1.165, 1.54) is 0 Å². The van der Waals surface area contributed by atoms with Crippen molar-refractivity contribution < 1.29 is 14.7 Å². The van der Waals surface area contributed by atoms with E-state index in [1.807, 2.05) is 18.7 Å². The van der Waals surface area contributed by atoms with Crippen LogP contribution in [0.4, 0.5) is 4.79 Å². The number of rotatable bonds is 3. The van der Waals surface area contributed by atoms with Crippen molar-refractivity contribution >= 4 is 12.0 Å². The van der Waals surface area contributed by atoms with E-state index in [1.54, 1.807) is 11.8 Å². The fourth-order valence-corrected chi connectivity index (χ4v) is 1.81. The molecule has 1 unspecified atom stereocenters. The molecule has 6 nitrogen and oxygen atoms in total. The van der Waals surface area contributed by atoms with Gasteiger partial charge in [0.15, 0.2) is 0 Å². The Morgan fingerprint density at radius 1 is 1.12 bits per heavy atom. The van der Waals surface area contributed by atoms with Crippen molar-refractivity contribution in [2.24, 2.45) is 0 Å². The lowest BCUT2D eigenvalue weighted by Crippen LogP contribution is -2.55. The van der Waals surface area contributed by atoms with Gasteiger partial charge in [-0.05, 0) is 20.8 Å². The number of urea groups is 1. The van der Waals surface area contributed by atoms with Gasteiger partial charge in [0.2, 0.25) is 0 Å². The van der Waals surface area contributed by atoms with E-state index in [4.69, 9.17) is 5.11 Å². The monoisotopic (exact) mass is 243 g/mol. The smallest absolute Gasteiger partial charge is 0.320 e. The fourth-order valence-electron chi connectivity index (χ4n) is 1.81. The van der Waals surface area contributed by atoms with Crippen LogP contribution >= 0.6 is 0 Å². The highest BCUT2D eigenvalue weighted by molar-refractivity contribution is 5.75. The molecule has 2 N–H and O–H groups in total. The molecule has 0 aliphatic carbocycles. The third-order valence-corrected chi connectivity index (χ3v) is 2.92. The largest absolute Gasteiger partial charge is 0.480 e. The van der Waals surface area contributed by atoms with Gasteiger partial charge in [-0.2, -0.15) is 0 Å². The first-order valence-electron chi connectivity index (χ1n) is 5.94. The van der Waals surface area contributed by atoms with Crippen molar-refractivity contribution in [1.82, 2.24) is 15.1 Å². The van der Waals surface area contributed by atoms with Crippen LogP contribution in [0.3, 0.4) is 0 Å². The van der Waals surface area contributed by atoms with Gasteiger partial charge in [0.25, 0.3) is 0 Å². The number of hydrogen-bond donors (Lipinski definition) is 2. The lowest BCUT2D eigenvalue weighted by Gasteiger charge is -2.36. The molecule has 0 aromatic rings. The maximum atomic E-state index is 11.7. The summed E-state index contributed by atoms with van der Waals surface area (Å²) in [7, 11) is 0. The predicted octanol–water partition coefficient (Wildman–Crippen LogP) is 0.195. The highest BCUT2D eigenvalue weighted by Crippen LogP contribution is 2.06. The topological polar surface area (TPSA) is 72.9 Å². The zero-order valence-corrected chi connectivity index (χ0v) is 10.6. The van der Waals surface area contributed by atoms with Crippen molar-refractivity contribution in [3.05, 3.63) is 0 Å². The lowest BCUT2D eigenvalue weighted by molar-refractivity contribution is -0.143. The van der Waals surface area contributed by atoms with E-state index in [-0.39, 0.29) is 12.1 Å². The van der Waals surface area contributed by atoms with Gasteiger partial charge >= 0.3 is 12.0 Å². The molecule has 1 fully saturated rings. The lowest BCUT2D eigenvalue weighted by atomic mass is 10.2. The second-order valence-electron chi connectivity index (χ2n) is 4.64. The molecule has 98 valence electrons. The number of nitrogens with zero attached hydrogens (tertiary/aromatic N) is 2. The molecule has 0 saturated carbocycles. The van der Waals surface area contributed by atoms with Crippen LogP contribution in [0.1, 0.15) is 20.8 Å². The molecule has 0 spiro atoms. The van der Waals surface area contributed by atoms with Crippen LogP contribution < -0.4 is 5.32 Å². The van der Waals surface area contributed by atoms with Crippen molar-refractivity contribution in [1.29, 1.82) is 0 Å². The Morgan fingerprint density at radius 3 is 2.06 bits per heavy atom. The number of amides is 2. The average Bonchev–Trinajstić information content (AvgIpc) is 2.27. The summed E-state index contributed by atoms with van der Waals surface area (Å²) >= 11 is 0. The summed E-state index contributed by atoms with van der Waals surface area (Å²) < 4.78 is 0. The fraction of sp³-hybridized carbons (Fsp3) is 0.818. The van der Waals surface area contributed by atoms with Crippen molar-refractivity contribution in [3.8, 4) is 0 Å². The van der Waals surface area contributed by atoms with E-state index in [2.05, 4.69) is 5.32 Å². The summed E-state index contributed by atoms with van der Waals surface area (Å²) in [5, 5.41) is 11.7. The van der Waals surface area contributed by atoms with E-state index in [0.717, 1.165) is 0 Å². The van der Waals surface area contributed by atoms with E-state index >= 15 is 0 Å². The van der Waals surface area contributed by atoms with Gasteiger partial charge in [0, 0.05) is 32.2 Å². The number of aliphatic carboxylic acids is 1. The first kappa shape index (κ1) is 13.8. The molecule has 1 aliphatic heterocycles. The zero-order chi connectivity index (χ0) is 13.0. The van der Waals surface area contributed by atoms with Crippen molar-refractivity contribution in [2.45, 2.75) is 32.9 Å². The first-order chi connectivity index (χ1) is 7.91. The van der Waals surface area contributed by atoms with Gasteiger partial charge in [0.05, 0.1) is 0 Å². The Bertz CT molecular complexity index is 286. The van der Waals surface area contributed by atoms with Crippen LogP contribution in [0, 0.1) is 0 Å². The third-order valence-electron chi connectivity index (χ3n) is 2.92. The molecule has 0 radical (unpaired) electrons. The summed E-state index contributed by atoms with van der Waals surface area (Å²) in [6.45, 7) is 7.89. The number of carboxylic acids is 1. The average molecular weight is 243 g/mol. The highest BCUT2D eigenvalue weighted by Gasteiger charge is 2.27. The number of carbonyl (C=O) groups excluding carboxylic acids is 1. The molecule has 0 bridgehead atoms.